The Morgan fingerprint density at radius 3 is 2.48 bits per heavy atom. The molecule has 3 heteroatoms. The van der Waals surface area contributed by atoms with Crippen LogP contribution >= 0.6 is 0 Å². The quantitative estimate of drug-likeness (QED) is 0.775. The summed E-state index contributed by atoms with van der Waals surface area (Å²) in [5, 5.41) is 9.75. The van der Waals surface area contributed by atoms with Gasteiger partial charge in [0, 0.05) is 10.9 Å². The molecule has 0 atom stereocenters. The summed E-state index contributed by atoms with van der Waals surface area (Å²) in [5.41, 5.74) is 4.95. The standard InChI is InChI=1S/C18H16O3/c1-2-12-3-5-13(6-4-12)14-7-8-16-15(10-18(19)20)11-21-17(16)9-14/h3-9,11H,2,10H2,1H3,(H,19,20). The molecule has 0 unspecified atom stereocenters. The van der Waals surface area contributed by atoms with E-state index in [1.54, 1.807) is 0 Å². The van der Waals surface area contributed by atoms with Crippen molar-refractivity contribution in [3.8, 4) is 11.1 Å². The zero-order valence-corrected chi connectivity index (χ0v) is 11.8. The molecule has 21 heavy (non-hydrogen) atoms. The van der Waals surface area contributed by atoms with Crippen LogP contribution in [0.25, 0.3) is 22.1 Å². The number of benzene rings is 2. The van der Waals surface area contributed by atoms with Gasteiger partial charge < -0.3 is 9.52 Å². The predicted molar refractivity (Wildman–Crippen MR) is 82.4 cm³/mol. The van der Waals surface area contributed by atoms with E-state index >= 15 is 0 Å². The fourth-order valence-corrected chi connectivity index (χ4v) is 2.50. The summed E-state index contributed by atoms with van der Waals surface area (Å²) in [6.07, 6.45) is 2.54. The van der Waals surface area contributed by atoms with E-state index < -0.39 is 5.97 Å². The maximum Gasteiger partial charge on any atom is 0.307 e. The Morgan fingerprint density at radius 1 is 1.10 bits per heavy atom. The molecule has 0 spiro atoms. The molecule has 0 aliphatic rings. The van der Waals surface area contributed by atoms with Gasteiger partial charge in [-0.05, 0) is 29.2 Å². The van der Waals surface area contributed by atoms with Crippen LogP contribution in [0.2, 0.25) is 0 Å². The van der Waals surface area contributed by atoms with Crippen molar-refractivity contribution in [3.63, 3.8) is 0 Å². The summed E-state index contributed by atoms with van der Waals surface area (Å²) in [6, 6.07) is 14.3. The minimum Gasteiger partial charge on any atom is -0.481 e. The molecule has 0 aliphatic carbocycles. The van der Waals surface area contributed by atoms with Crippen LogP contribution in [0.1, 0.15) is 18.1 Å². The molecule has 106 valence electrons. The van der Waals surface area contributed by atoms with Gasteiger partial charge in [0.15, 0.2) is 0 Å². The number of carbonyl (C=O) groups is 1. The van der Waals surface area contributed by atoms with E-state index in [2.05, 4.69) is 31.2 Å². The zero-order chi connectivity index (χ0) is 14.8. The molecule has 0 saturated heterocycles. The molecular formula is C18H16O3. The molecule has 0 fully saturated rings. The van der Waals surface area contributed by atoms with Crippen molar-refractivity contribution in [1.29, 1.82) is 0 Å². The molecule has 3 nitrogen and oxygen atoms in total. The topological polar surface area (TPSA) is 50.4 Å². The van der Waals surface area contributed by atoms with Gasteiger partial charge in [0.05, 0.1) is 12.7 Å². The maximum absolute atomic E-state index is 10.8. The number of carboxylic acid groups (broad SMARTS) is 1. The molecule has 3 rings (SSSR count). The molecular weight excluding hydrogens is 264 g/mol. The Hall–Kier alpha value is -2.55. The number of aliphatic carboxylic acids is 1. The van der Waals surface area contributed by atoms with E-state index in [-0.39, 0.29) is 6.42 Å². The van der Waals surface area contributed by atoms with E-state index in [0.29, 0.717) is 5.56 Å². The van der Waals surface area contributed by atoms with Crippen LogP contribution in [0.4, 0.5) is 0 Å². The summed E-state index contributed by atoms with van der Waals surface area (Å²) >= 11 is 0. The molecule has 0 amide bonds. The second-order valence-corrected chi connectivity index (χ2v) is 5.09. The van der Waals surface area contributed by atoms with Gasteiger partial charge in [-0.2, -0.15) is 0 Å². The lowest BCUT2D eigenvalue weighted by Gasteiger charge is -2.03. The van der Waals surface area contributed by atoms with E-state index in [4.69, 9.17) is 9.52 Å². The van der Waals surface area contributed by atoms with Gasteiger partial charge in [-0.1, -0.05) is 43.3 Å². The highest BCUT2D eigenvalue weighted by atomic mass is 16.4. The predicted octanol–water partition coefficient (Wildman–Crippen LogP) is 4.29. The van der Waals surface area contributed by atoms with E-state index in [9.17, 15) is 4.79 Å². The van der Waals surface area contributed by atoms with Crippen molar-refractivity contribution >= 4 is 16.9 Å². The normalized spacial score (nSPS) is 10.9. The van der Waals surface area contributed by atoms with Gasteiger partial charge in [0.1, 0.15) is 5.58 Å². The van der Waals surface area contributed by atoms with Crippen molar-refractivity contribution in [2.75, 3.05) is 0 Å². The SMILES string of the molecule is CCc1ccc(-c2ccc3c(CC(=O)O)coc3c2)cc1. The summed E-state index contributed by atoms with van der Waals surface area (Å²) < 4.78 is 5.49. The van der Waals surface area contributed by atoms with Crippen LogP contribution in [0, 0.1) is 0 Å². The molecule has 1 N–H and O–H groups in total. The van der Waals surface area contributed by atoms with Crippen molar-refractivity contribution in [2.24, 2.45) is 0 Å². The van der Waals surface area contributed by atoms with E-state index in [0.717, 1.165) is 28.5 Å². The third-order valence-corrected chi connectivity index (χ3v) is 3.69. The Kier molecular flexibility index (Phi) is 3.48. The Balaban J connectivity index is 1.99. The Bertz CT molecular complexity index is 782. The highest BCUT2D eigenvalue weighted by molar-refractivity contribution is 5.88. The number of furan rings is 1. The van der Waals surface area contributed by atoms with Crippen LogP contribution < -0.4 is 0 Å². The number of rotatable bonds is 4. The lowest BCUT2D eigenvalue weighted by molar-refractivity contribution is -0.136. The number of aryl methyl sites for hydroxylation is 1. The first kappa shape index (κ1) is 13.4. The van der Waals surface area contributed by atoms with Crippen molar-refractivity contribution < 1.29 is 14.3 Å². The van der Waals surface area contributed by atoms with Crippen LogP contribution in [-0.4, -0.2) is 11.1 Å². The number of hydrogen-bond donors (Lipinski definition) is 1. The lowest BCUT2D eigenvalue weighted by atomic mass is 10.0. The number of fused-ring (bicyclic) bond motifs is 1. The molecule has 0 bridgehead atoms. The fourth-order valence-electron chi connectivity index (χ4n) is 2.50. The highest BCUT2D eigenvalue weighted by Crippen LogP contribution is 2.28. The largest absolute Gasteiger partial charge is 0.481 e. The smallest absolute Gasteiger partial charge is 0.307 e. The van der Waals surface area contributed by atoms with Crippen LogP contribution in [0.15, 0.2) is 53.1 Å². The van der Waals surface area contributed by atoms with E-state index in [1.165, 1.54) is 11.8 Å². The zero-order valence-electron chi connectivity index (χ0n) is 11.8. The Labute approximate surface area is 122 Å². The summed E-state index contributed by atoms with van der Waals surface area (Å²) in [5.74, 6) is -0.850. The molecule has 0 saturated carbocycles. The second kappa shape index (κ2) is 5.44. The third kappa shape index (κ3) is 2.68. The molecule has 2 aromatic carbocycles. The molecule has 1 aromatic heterocycles. The fraction of sp³-hybridized carbons (Fsp3) is 0.167. The third-order valence-electron chi connectivity index (χ3n) is 3.69. The van der Waals surface area contributed by atoms with Gasteiger partial charge in [-0.3, -0.25) is 4.79 Å². The minimum atomic E-state index is -0.850. The summed E-state index contributed by atoms with van der Waals surface area (Å²) in [4.78, 5) is 10.8. The molecule has 0 radical (unpaired) electrons. The Morgan fingerprint density at radius 2 is 1.81 bits per heavy atom. The average molecular weight is 280 g/mol. The maximum atomic E-state index is 10.8. The van der Waals surface area contributed by atoms with Gasteiger partial charge in [-0.15, -0.1) is 0 Å². The van der Waals surface area contributed by atoms with Crippen molar-refractivity contribution in [2.45, 2.75) is 19.8 Å². The van der Waals surface area contributed by atoms with Gasteiger partial charge in [-0.25, -0.2) is 0 Å². The number of carboxylic acids is 1. The highest BCUT2D eigenvalue weighted by Gasteiger charge is 2.10. The molecule has 0 aliphatic heterocycles. The summed E-state index contributed by atoms with van der Waals surface area (Å²) in [6.45, 7) is 2.13. The first-order valence-corrected chi connectivity index (χ1v) is 6.98. The van der Waals surface area contributed by atoms with Crippen LogP contribution in [0.3, 0.4) is 0 Å². The summed E-state index contributed by atoms with van der Waals surface area (Å²) in [7, 11) is 0. The molecule has 1 heterocycles. The van der Waals surface area contributed by atoms with Gasteiger partial charge in [0.25, 0.3) is 0 Å². The first-order chi connectivity index (χ1) is 10.2. The monoisotopic (exact) mass is 280 g/mol. The van der Waals surface area contributed by atoms with Gasteiger partial charge >= 0.3 is 5.97 Å². The van der Waals surface area contributed by atoms with Crippen LogP contribution in [0.5, 0.6) is 0 Å². The van der Waals surface area contributed by atoms with Crippen LogP contribution in [-0.2, 0) is 17.6 Å². The first-order valence-electron chi connectivity index (χ1n) is 6.98. The van der Waals surface area contributed by atoms with Gasteiger partial charge in [0.2, 0.25) is 0 Å². The number of hydrogen-bond acceptors (Lipinski definition) is 2. The molecule has 3 aromatic rings. The van der Waals surface area contributed by atoms with E-state index in [1.807, 2.05) is 18.2 Å². The lowest BCUT2D eigenvalue weighted by Crippen LogP contribution is -1.98. The van der Waals surface area contributed by atoms with Crippen molar-refractivity contribution in [1.82, 2.24) is 0 Å². The van der Waals surface area contributed by atoms with Crippen molar-refractivity contribution in [3.05, 3.63) is 59.9 Å². The minimum absolute atomic E-state index is 0.0163. The second-order valence-electron chi connectivity index (χ2n) is 5.09. The average Bonchev–Trinajstić information content (AvgIpc) is 2.89.